The second-order valence-electron chi connectivity index (χ2n) is 3.62. The van der Waals surface area contributed by atoms with E-state index in [0.29, 0.717) is 12.2 Å². The summed E-state index contributed by atoms with van der Waals surface area (Å²) in [6.07, 6.45) is 0.761. The summed E-state index contributed by atoms with van der Waals surface area (Å²) in [5.41, 5.74) is 3.36. The molecule has 17 heavy (non-hydrogen) atoms. The van der Waals surface area contributed by atoms with Crippen molar-refractivity contribution in [3.05, 3.63) is 32.2 Å². The van der Waals surface area contributed by atoms with Crippen LogP contribution in [0.5, 0.6) is 0 Å². The Morgan fingerprint density at radius 1 is 1.47 bits per heavy atom. The molecule has 2 aromatic rings. The van der Waals surface area contributed by atoms with Crippen molar-refractivity contribution in [3.8, 4) is 0 Å². The van der Waals surface area contributed by atoms with Gasteiger partial charge in [0.25, 0.3) is 5.91 Å². The molecule has 0 spiro atoms. The number of carbonyl (C=O) groups excluding carboxylic acids is 1. The average Bonchev–Trinajstić information content (AvgIpc) is 2.88. The van der Waals surface area contributed by atoms with E-state index in [-0.39, 0.29) is 5.91 Å². The van der Waals surface area contributed by atoms with Gasteiger partial charge in [0.2, 0.25) is 0 Å². The summed E-state index contributed by atoms with van der Waals surface area (Å²) in [7, 11) is 0. The van der Waals surface area contributed by atoms with Gasteiger partial charge in [-0.15, -0.1) is 22.7 Å². The predicted octanol–water partition coefficient (Wildman–Crippen LogP) is 2.19. The summed E-state index contributed by atoms with van der Waals surface area (Å²) >= 11 is 3.11. The lowest BCUT2D eigenvalue weighted by Crippen LogP contribution is -2.26. The maximum atomic E-state index is 11.8. The summed E-state index contributed by atoms with van der Waals surface area (Å²) in [6.45, 7) is 4.42. The van der Waals surface area contributed by atoms with Crippen molar-refractivity contribution < 1.29 is 4.79 Å². The van der Waals surface area contributed by atoms with Crippen molar-refractivity contribution in [3.63, 3.8) is 0 Å². The van der Waals surface area contributed by atoms with Crippen LogP contribution in [0.2, 0.25) is 0 Å². The smallest absolute Gasteiger partial charge is 0.271 e. The lowest BCUT2D eigenvalue weighted by atomic mass is 10.3. The number of carbonyl (C=O) groups is 1. The van der Waals surface area contributed by atoms with E-state index in [1.807, 2.05) is 19.2 Å². The number of amides is 1. The topological polar surface area (TPSA) is 54.9 Å². The zero-order chi connectivity index (χ0) is 12.3. The highest BCUT2D eigenvalue weighted by molar-refractivity contribution is 7.11. The summed E-state index contributed by atoms with van der Waals surface area (Å²) in [5.74, 6) is -0.0953. The molecule has 0 saturated carbocycles. The SMILES string of the molecule is Cc1nc(C(=O)NCCc2cscn2)c(C)s1. The number of rotatable bonds is 4. The van der Waals surface area contributed by atoms with Crippen LogP contribution < -0.4 is 5.32 Å². The molecule has 1 amide bonds. The first-order valence-electron chi connectivity index (χ1n) is 5.26. The summed E-state index contributed by atoms with van der Waals surface area (Å²) in [6, 6.07) is 0. The number of thiazole rings is 2. The second kappa shape index (κ2) is 5.37. The molecule has 0 saturated heterocycles. The van der Waals surface area contributed by atoms with Crippen LogP contribution in [-0.2, 0) is 6.42 Å². The number of nitrogens with one attached hydrogen (secondary N) is 1. The van der Waals surface area contributed by atoms with Crippen LogP contribution in [0.25, 0.3) is 0 Å². The molecule has 0 aliphatic heterocycles. The number of hydrogen-bond acceptors (Lipinski definition) is 5. The molecule has 0 aliphatic carbocycles. The fraction of sp³-hybridized carbons (Fsp3) is 0.364. The first kappa shape index (κ1) is 12.2. The zero-order valence-electron chi connectivity index (χ0n) is 9.69. The number of aryl methyl sites for hydroxylation is 2. The van der Waals surface area contributed by atoms with Gasteiger partial charge in [0.05, 0.1) is 16.2 Å². The lowest BCUT2D eigenvalue weighted by molar-refractivity contribution is 0.0949. The standard InChI is InChI=1S/C11H13N3OS2/c1-7-10(14-8(2)17-7)11(15)12-4-3-9-5-16-6-13-9/h5-6H,3-4H2,1-2H3,(H,12,15). The molecule has 0 aliphatic rings. The molecule has 4 nitrogen and oxygen atoms in total. The molecule has 2 rings (SSSR count). The van der Waals surface area contributed by atoms with Gasteiger partial charge in [-0.05, 0) is 13.8 Å². The van der Waals surface area contributed by atoms with Gasteiger partial charge < -0.3 is 5.32 Å². The van der Waals surface area contributed by atoms with Gasteiger partial charge in [-0.2, -0.15) is 0 Å². The third-order valence-corrected chi connectivity index (χ3v) is 3.79. The van der Waals surface area contributed by atoms with Crippen molar-refractivity contribution in [1.29, 1.82) is 0 Å². The fourth-order valence-electron chi connectivity index (χ4n) is 1.49. The van der Waals surface area contributed by atoms with Gasteiger partial charge in [-0.25, -0.2) is 9.97 Å². The Balaban J connectivity index is 1.87. The molecule has 0 fully saturated rings. The normalized spacial score (nSPS) is 10.5. The van der Waals surface area contributed by atoms with Crippen LogP contribution in [0.15, 0.2) is 10.9 Å². The van der Waals surface area contributed by atoms with E-state index >= 15 is 0 Å². The molecular formula is C11H13N3OS2. The molecule has 0 aromatic carbocycles. The van der Waals surface area contributed by atoms with Gasteiger partial charge in [-0.3, -0.25) is 4.79 Å². The van der Waals surface area contributed by atoms with Crippen LogP contribution in [0.4, 0.5) is 0 Å². The average molecular weight is 267 g/mol. The second-order valence-corrected chi connectivity index (χ2v) is 5.75. The monoisotopic (exact) mass is 267 g/mol. The predicted molar refractivity (Wildman–Crippen MR) is 69.7 cm³/mol. The quantitative estimate of drug-likeness (QED) is 0.924. The van der Waals surface area contributed by atoms with Gasteiger partial charge in [-0.1, -0.05) is 0 Å². The molecule has 0 radical (unpaired) electrons. The minimum Gasteiger partial charge on any atom is -0.350 e. The minimum absolute atomic E-state index is 0.0953. The Labute approximate surface area is 108 Å². The van der Waals surface area contributed by atoms with E-state index in [9.17, 15) is 4.79 Å². The first-order chi connectivity index (χ1) is 8.16. The fourth-order valence-corrected chi connectivity index (χ4v) is 2.90. The number of aromatic nitrogens is 2. The summed E-state index contributed by atoms with van der Waals surface area (Å²) in [4.78, 5) is 21.2. The maximum Gasteiger partial charge on any atom is 0.271 e. The van der Waals surface area contributed by atoms with E-state index in [1.54, 1.807) is 28.2 Å². The zero-order valence-corrected chi connectivity index (χ0v) is 11.3. The van der Waals surface area contributed by atoms with Gasteiger partial charge in [0.1, 0.15) is 5.69 Å². The Morgan fingerprint density at radius 2 is 2.29 bits per heavy atom. The number of hydrogen-bond donors (Lipinski definition) is 1. The van der Waals surface area contributed by atoms with Crippen LogP contribution in [0.3, 0.4) is 0 Å². The Kier molecular flexibility index (Phi) is 3.86. The minimum atomic E-state index is -0.0953. The largest absolute Gasteiger partial charge is 0.350 e. The summed E-state index contributed by atoms with van der Waals surface area (Å²) in [5, 5.41) is 5.78. The van der Waals surface area contributed by atoms with E-state index in [2.05, 4.69) is 15.3 Å². The third kappa shape index (κ3) is 3.10. The molecular weight excluding hydrogens is 254 g/mol. The lowest BCUT2D eigenvalue weighted by Gasteiger charge is -2.02. The van der Waals surface area contributed by atoms with Crippen molar-refractivity contribution >= 4 is 28.6 Å². The first-order valence-corrected chi connectivity index (χ1v) is 7.02. The number of nitrogens with zero attached hydrogens (tertiary/aromatic N) is 2. The molecule has 1 N–H and O–H groups in total. The van der Waals surface area contributed by atoms with E-state index in [1.165, 1.54) is 0 Å². The van der Waals surface area contributed by atoms with E-state index in [0.717, 1.165) is 22.0 Å². The van der Waals surface area contributed by atoms with Gasteiger partial charge in [0, 0.05) is 23.2 Å². The highest BCUT2D eigenvalue weighted by Gasteiger charge is 2.13. The third-order valence-electron chi connectivity index (χ3n) is 2.27. The Bertz CT molecular complexity index is 505. The molecule has 0 unspecified atom stereocenters. The molecule has 6 heteroatoms. The molecule has 0 bridgehead atoms. The van der Waals surface area contributed by atoms with Crippen molar-refractivity contribution in [2.45, 2.75) is 20.3 Å². The van der Waals surface area contributed by atoms with Gasteiger partial charge in [0.15, 0.2) is 0 Å². The van der Waals surface area contributed by atoms with Gasteiger partial charge >= 0.3 is 0 Å². The Morgan fingerprint density at radius 3 is 2.88 bits per heavy atom. The molecule has 2 aromatic heterocycles. The maximum absolute atomic E-state index is 11.8. The van der Waals surface area contributed by atoms with Crippen LogP contribution in [0.1, 0.15) is 26.1 Å². The highest BCUT2D eigenvalue weighted by Crippen LogP contribution is 2.15. The highest BCUT2D eigenvalue weighted by atomic mass is 32.1. The van der Waals surface area contributed by atoms with Crippen molar-refractivity contribution in [1.82, 2.24) is 15.3 Å². The van der Waals surface area contributed by atoms with Crippen molar-refractivity contribution in [2.24, 2.45) is 0 Å². The van der Waals surface area contributed by atoms with E-state index in [4.69, 9.17) is 0 Å². The van der Waals surface area contributed by atoms with Crippen LogP contribution >= 0.6 is 22.7 Å². The van der Waals surface area contributed by atoms with Crippen LogP contribution in [-0.4, -0.2) is 22.4 Å². The molecule has 90 valence electrons. The van der Waals surface area contributed by atoms with Crippen molar-refractivity contribution in [2.75, 3.05) is 6.54 Å². The Hall–Kier alpha value is -1.27. The molecule has 0 atom stereocenters. The molecule has 2 heterocycles. The van der Waals surface area contributed by atoms with E-state index < -0.39 is 0 Å². The van der Waals surface area contributed by atoms with Crippen LogP contribution in [0, 0.1) is 13.8 Å². The summed E-state index contributed by atoms with van der Waals surface area (Å²) < 4.78 is 0.